The Morgan fingerprint density at radius 3 is 0.983 bits per heavy atom. The first-order valence-corrected chi connectivity index (χ1v) is 19.2. The highest BCUT2D eigenvalue weighted by molar-refractivity contribution is 6.04. The second-order valence-electron chi connectivity index (χ2n) is 14.0. The van der Waals surface area contributed by atoms with Gasteiger partial charge in [-0.1, -0.05) is 146 Å². The van der Waals surface area contributed by atoms with Crippen LogP contribution in [0.5, 0.6) is 0 Å². The fourth-order valence-electron chi connectivity index (χ4n) is 7.41. The molecule has 6 heteroatoms. The van der Waals surface area contributed by atoms with Crippen LogP contribution in [0.25, 0.3) is 101 Å². The number of hydrogen-bond acceptors (Lipinski definition) is 6. The third-order valence-corrected chi connectivity index (χ3v) is 10.4. The highest BCUT2D eigenvalue weighted by atomic mass is 14.9. The summed E-state index contributed by atoms with van der Waals surface area (Å²) < 4.78 is 0. The number of pyridine rings is 2. The molecule has 0 bridgehead atoms. The molecule has 0 spiro atoms. The van der Waals surface area contributed by atoms with E-state index in [1.165, 1.54) is 11.1 Å². The Morgan fingerprint density at radius 1 is 0.241 bits per heavy atom. The maximum absolute atomic E-state index is 5.18. The van der Waals surface area contributed by atoms with Gasteiger partial charge in [0.1, 0.15) is 0 Å². The van der Waals surface area contributed by atoms with Crippen LogP contribution in [0, 0.1) is 0 Å². The zero-order valence-corrected chi connectivity index (χ0v) is 31.3. The lowest BCUT2D eigenvalue weighted by atomic mass is 9.95. The zero-order valence-electron chi connectivity index (χ0n) is 31.3. The quantitative estimate of drug-likeness (QED) is 0.154. The summed E-state index contributed by atoms with van der Waals surface area (Å²) >= 11 is 0. The summed E-state index contributed by atoms with van der Waals surface area (Å²) in [5.41, 5.74) is 13.8. The summed E-state index contributed by atoms with van der Waals surface area (Å²) in [5, 5.41) is 2.12. The first-order valence-electron chi connectivity index (χ1n) is 19.2. The van der Waals surface area contributed by atoms with Gasteiger partial charge in [0.05, 0.1) is 22.8 Å². The Labute approximate surface area is 336 Å². The Bertz CT molecular complexity index is 2800. The van der Waals surface area contributed by atoms with E-state index >= 15 is 0 Å². The molecule has 10 rings (SSSR count). The summed E-state index contributed by atoms with van der Waals surface area (Å²) in [6.45, 7) is 0. The van der Waals surface area contributed by atoms with Gasteiger partial charge in [0.2, 0.25) is 0 Å². The Balaban J connectivity index is 1.10. The van der Waals surface area contributed by atoms with Crippen molar-refractivity contribution < 1.29 is 0 Å². The van der Waals surface area contributed by atoms with Gasteiger partial charge in [-0.2, -0.15) is 0 Å². The summed E-state index contributed by atoms with van der Waals surface area (Å²) in [7, 11) is 0. The molecule has 0 fully saturated rings. The van der Waals surface area contributed by atoms with E-state index in [9.17, 15) is 0 Å². The van der Waals surface area contributed by atoms with Crippen molar-refractivity contribution in [1.29, 1.82) is 0 Å². The van der Waals surface area contributed by atoms with Crippen LogP contribution in [0.1, 0.15) is 0 Å². The molecule has 0 aliphatic heterocycles. The van der Waals surface area contributed by atoms with Crippen LogP contribution in [0.15, 0.2) is 207 Å². The van der Waals surface area contributed by atoms with Gasteiger partial charge in [-0.3, -0.25) is 9.97 Å². The van der Waals surface area contributed by atoms with Crippen molar-refractivity contribution in [2.75, 3.05) is 0 Å². The van der Waals surface area contributed by atoms with Crippen LogP contribution < -0.4 is 0 Å². The van der Waals surface area contributed by atoms with Gasteiger partial charge in [0.15, 0.2) is 11.6 Å². The van der Waals surface area contributed by atoms with Gasteiger partial charge < -0.3 is 0 Å². The van der Waals surface area contributed by atoms with Crippen molar-refractivity contribution in [2.24, 2.45) is 0 Å². The lowest BCUT2D eigenvalue weighted by Gasteiger charge is -2.14. The van der Waals surface area contributed by atoms with E-state index in [0.717, 1.165) is 78.1 Å². The van der Waals surface area contributed by atoms with Crippen molar-refractivity contribution in [2.45, 2.75) is 0 Å². The number of nitrogens with zero attached hydrogens (tertiary/aromatic N) is 6. The molecule has 4 heterocycles. The van der Waals surface area contributed by atoms with Crippen molar-refractivity contribution in [3.63, 3.8) is 0 Å². The Kier molecular flexibility index (Phi) is 9.10. The predicted octanol–water partition coefficient (Wildman–Crippen LogP) is 12.5. The Hall–Kier alpha value is -7.96. The minimum absolute atomic E-state index is 0.635. The fraction of sp³-hybridized carbons (Fsp3) is 0. The molecule has 0 amide bonds. The molecule has 272 valence electrons. The second kappa shape index (κ2) is 15.3. The minimum Gasteiger partial charge on any atom is -0.265 e. The number of benzene rings is 6. The number of fused-ring (bicyclic) bond motifs is 1. The molecule has 0 unspecified atom stereocenters. The molecule has 0 aliphatic carbocycles. The maximum Gasteiger partial charge on any atom is 0.160 e. The molecule has 0 atom stereocenters. The average molecular weight is 743 g/mol. The molecule has 0 aliphatic rings. The van der Waals surface area contributed by atoms with Crippen LogP contribution in [0.3, 0.4) is 0 Å². The Morgan fingerprint density at radius 2 is 0.586 bits per heavy atom. The van der Waals surface area contributed by atoms with E-state index in [2.05, 4.69) is 156 Å². The molecule has 0 saturated heterocycles. The van der Waals surface area contributed by atoms with E-state index in [4.69, 9.17) is 19.9 Å². The summed E-state index contributed by atoms with van der Waals surface area (Å²) in [4.78, 5) is 29.0. The van der Waals surface area contributed by atoms with Gasteiger partial charge in [-0.05, 0) is 69.4 Å². The SMILES string of the molecule is c1ccc(-c2ccc(-c3cc(-c4cccc5c(-c6cc(-c7ccc(-c8ccccc8)cc7)nc(-c7ccncc7)n6)cccc45)nc(-c4ccncc4)n3)cc2)cc1. The van der Waals surface area contributed by atoms with Crippen molar-refractivity contribution >= 4 is 10.8 Å². The smallest absolute Gasteiger partial charge is 0.160 e. The third-order valence-electron chi connectivity index (χ3n) is 10.4. The highest BCUT2D eigenvalue weighted by Crippen LogP contribution is 2.37. The molecule has 6 nitrogen and oxygen atoms in total. The lowest BCUT2D eigenvalue weighted by Crippen LogP contribution is -1.98. The second-order valence-corrected chi connectivity index (χ2v) is 14.0. The molecule has 0 radical (unpaired) electrons. The average Bonchev–Trinajstić information content (AvgIpc) is 3.32. The third kappa shape index (κ3) is 6.91. The molecule has 4 aromatic heterocycles. The van der Waals surface area contributed by atoms with Crippen LogP contribution in [0.2, 0.25) is 0 Å². The summed E-state index contributed by atoms with van der Waals surface area (Å²) in [6.07, 6.45) is 7.10. The fourth-order valence-corrected chi connectivity index (χ4v) is 7.41. The van der Waals surface area contributed by atoms with Crippen molar-refractivity contribution in [3.8, 4) is 90.1 Å². The van der Waals surface area contributed by atoms with E-state index in [0.29, 0.717) is 11.6 Å². The standard InChI is InChI=1S/C52H34N6/c1-3-9-35(10-4-1)37-17-21-39(22-18-37)47-33-49(57-51(55-47)41-25-29-53-30-26-41)45-15-7-14-44-43(45)13-8-16-46(44)50-34-48(56-52(58-50)42-27-31-54-32-28-42)40-23-19-38(20-24-40)36-11-5-2-6-12-36/h1-34H. The predicted molar refractivity (Wildman–Crippen MR) is 234 cm³/mol. The van der Waals surface area contributed by atoms with Crippen molar-refractivity contribution in [1.82, 2.24) is 29.9 Å². The topological polar surface area (TPSA) is 77.3 Å². The van der Waals surface area contributed by atoms with Crippen LogP contribution in [-0.4, -0.2) is 29.9 Å². The van der Waals surface area contributed by atoms with E-state index in [-0.39, 0.29) is 0 Å². The molecule has 6 aromatic carbocycles. The summed E-state index contributed by atoms with van der Waals surface area (Å²) in [6, 6.07) is 62.7. The number of rotatable bonds is 8. The van der Waals surface area contributed by atoms with Gasteiger partial charge in [0, 0.05) is 58.2 Å². The molecule has 0 N–H and O–H groups in total. The van der Waals surface area contributed by atoms with Crippen LogP contribution in [0.4, 0.5) is 0 Å². The molecule has 0 saturated carbocycles. The van der Waals surface area contributed by atoms with Gasteiger partial charge >= 0.3 is 0 Å². The lowest BCUT2D eigenvalue weighted by molar-refractivity contribution is 1.18. The highest BCUT2D eigenvalue weighted by Gasteiger charge is 2.17. The van der Waals surface area contributed by atoms with Gasteiger partial charge in [-0.25, -0.2) is 19.9 Å². The first kappa shape index (κ1) is 34.5. The summed E-state index contributed by atoms with van der Waals surface area (Å²) in [5.74, 6) is 1.27. The number of hydrogen-bond donors (Lipinski definition) is 0. The number of aromatic nitrogens is 6. The van der Waals surface area contributed by atoms with E-state index in [1.54, 1.807) is 24.8 Å². The first-order chi connectivity index (χ1) is 28.7. The van der Waals surface area contributed by atoms with Crippen LogP contribution >= 0.6 is 0 Å². The monoisotopic (exact) mass is 742 g/mol. The van der Waals surface area contributed by atoms with Gasteiger partial charge in [0.25, 0.3) is 0 Å². The minimum atomic E-state index is 0.635. The maximum atomic E-state index is 5.18. The molecule has 58 heavy (non-hydrogen) atoms. The largest absolute Gasteiger partial charge is 0.265 e. The van der Waals surface area contributed by atoms with E-state index in [1.807, 2.05) is 36.4 Å². The zero-order chi connectivity index (χ0) is 38.7. The normalized spacial score (nSPS) is 11.1. The van der Waals surface area contributed by atoms with E-state index < -0.39 is 0 Å². The molecular weight excluding hydrogens is 709 g/mol. The van der Waals surface area contributed by atoms with Crippen molar-refractivity contribution in [3.05, 3.63) is 207 Å². The molecular formula is C52H34N6. The van der Waals surface area contributed by atoms with Crippen LogP contribution in [-0.2, 0) is 0 Å². The van der Waals surface area contributed by atoms with Gasteiger partial charge in [-0.15, -0.1) is 0 Å². The molecule has 10 aromatic rings.